The molecule has 0 radical (unpaired) electrons. The van der Waals surface area contributed by atoms with Gasteiger partial charge in [-0.05, 0) is 55.1 Å². The van der Waals surface area contributed by atoms with Crippen LogP contribution in [-0.4, -0.2) is 72.3 Å². The van der Waals surface area contributed by atoms with Crippen LogP contribution in [-0.2, 0) is 26.2 Å². The predicted molar refractivity (Wildman–Crippen MR) is 151 cm³/mol. The van der Waals surface area contributed by atoms with Crippen LogP contribution in [0.1, 0.15) is 84.8 Å². The van der Waals surface area contributed by atoms with E-state index in [1.807, 2.05) is 47.9 Å². The zero-order valence-corrected chi connectivity index (χ0v) is 24.9. The van der Waals surface area contributed by atoms with Crippen molar-refractivity contribution in [1.29, 1.82) is 0 Å². The van der Waals surface area contributed by atoms with Crippen LogP contribution in [0.5, 0.6) is 0 Å². The third-order valence-corrected chi connectivity index (χ3v) is 9.01. The summed E-state index contributed by atoms with van der Waals surface area (Å²) in [5, 5.41) is 0. The molecule has 2 amide bonds. The zero-order valence-electron chi connectivity index (χ0n) is 24.1. The molecule has 37 heavy (non-hydrogen) atoms. The van der Waals surface area contributed by atoms with Gasteiger partial charge < -0.3 is 9.80 Å². The molecule has 0 saturated carbocycles. The summed E-state index contributed by atoms with van der Waals surface area (Å²) in [7, 11) is -3.51. The molecular weight excluding hydrogens is 486 g/mol. The Morgan fingerprint density at radius 2 is 1.73 bits per heavy atom. The first-order valence-electron chi connectivity index (χ1n) is 13.8. The van der Waals surface area contributed by atoms with Gasteiger partial charge in [-0.3, -0.25) is 9.59 Å². The first kappa shape index (κ1) is 31.3. The molecule has 0 unspecified atom stereocenters. The molecule has 1 aromatic rings. The van der Waals surface area contributed by atoms with Crippen LogP contribution < -0.4 is 0 Å². The highest BCUT2D eigenvalue weighted by Crippen LogP contribution is 2.25. The minimum Gasteiger partial charge on any atom is -0.343 e. The van der Waals surface area contributed by atoms with Crippen molar-refractivity contribution >= 4 is 21.8 Å². The molecule has 8 heteroatoms. The molecule has 0 aliphatic carbocycles. The molecule has 1 heterocycles. The van der Waals surface area contributed by atoms with Crippen molar-refractivity contribution < 1.29 is 18.0 Å². The van der Waals surface area contributed by atoms with E-state index in [1.54, 1.807) is 0 Å². The molecule has 1 fully saturated rings. The summed E-state index contributed by atoms with van der Waals surface area (Å²) in [6.07, 6.45) is 3.12. The largest absolute Gasteiger partial charge is 0.343 e. The standard InChI is InChI=1S/C29H49N3O4S/c1-8-19-37(35,36)31(18-13-23(2)3)22-28(34)32(21-25-12-10-9-11-24(25)4)26-14-16-30(17-15-26)27(33)20-29(5,6)7/h9-12,23,26H,8,13-22H2,1-7H3. The van der Waals surface area contributed by atoms with Gasteiger partial charge in [0, 0.05) is 38.6 Å². The van der Waals surface area contributed by atoms with Crippen LogP contribution in [0.4, 0.5) is 0 Å². The number of rotatable bonds is 12. The molecule has 1 saturated heterocycles. The van der Waals surface area contributed by atoms with Gasteiger partial charge in [-0.2, -0.15) is 4.31 Å². The van der Waals surface area contributed by atoms with Crippen molar-refractivity contribution in [3.05, 3.63) is 35.4 Å². The number of carbonyl (C=O) groups is 2. The molecule has 0 bridgehead atoms. The fourth-order valence-electron chi connectivity index (χ4n) is 4.73. The molecule has 7 nitrogen and oxygen atoms in total. The zero-order chi connectivity index (χ0) is 27.8. The predicted octanol–water partition coefficient (Wildman–Crippen LogP) is 4.84. The first-order valence-corrected chi connectivity index (χ1v) is 15.4. The maximum absolute atomic E-state index is 13.8. The average molecular weight is 536 g/mol. The van der Waals surface area contributed by atoms with Crippen LogP contribution in [0.3, 0.4) is 0 Å². The van der Waals surface area contributed by atoms with Crippen molar-refractivity contribution in [3.63, 3.8) is 0 Å². The van der Waals surface area contributed by atoms with Crippen LogP contribution in [0.2, 0.25) is 0 Å². The second kappa shape index (κ2) is 13.7. The van der Waals surface area contributed by atoms with Gasteiger partial charge in [0.2, 0.25) is 21.8 Å². The molecule has 1 aliphatic heterocycles. The van der Waals surface area contributed by atoms with E-state index >= 15 is 0 Å². The topological polar surface area (TPSA) is 78.0 Å². The monoisotopic (exact) mass is 535 g/mol. The molecule has 0 N–H and O–H groups in total. The van der Waals surface area contributed by atoms with Crippen molar-refractivity contribution in [2.45, 2.75) is 93.2 Å². The highest BCUT2D eigenvalue weighted by molar-refractivity contribution is 7.89. The summed E-state index contributed by atoms with van der Waals surface area (Å²) in [5.74, 6) is 0.386. The molecule has 0 atom stereocenters. The van der Waals surface area contributed by atoms with E-state index in [-0.39, 0.29) is 35.6 Å². The van der Waals surface area contributed by atoms with Crippen molar-refractivity contribution in [2.24, 2.45) is 11.3 Å². The Labute approximate surface area is 225 Å². The number of aryl methyl sites for hydroxylation is 1. The Morgan fingerprint density at radius 1 is 1.11 bits per heavy atom. The van der Waals surface area contributed by atoms with Gasteiger partial charge in [0.1, 0.15) is 0 Å². The Bertz CT molecular complexity index is 993. The third-order valence-electron chi connectivity index (χ3n) is 6.98. The number of likely N-dealkylation sites (tertiary alicyclic amines) is 1. The number of sulfonamides is 1. The summed E-state index contributed by atoms with van der Waals surface area (Å²) >= 11 is 0. The van der Waals surface area contributed by atoms with Gasteiger partial charge in [-0.25, -0.2) is 8.42 Å². The van der Waals surface area contributed by atoms with Gasteiger partial charge >= 0.3 is 0 Å². The number of hydrogen-bond donors (Lipinski definition) is 0. The number of benzene rings is 1. The molecule has 0 aromatic heterocycles. The number of piperidine rings is 1. The van der Waals surface area contributed by atoms with E-state index in [9.17, 15) is 18.0 Å². The average Bonchev–Trinajstić information content (AvgIpc) is 2.80. The minimum absolute atomic E-state index is 0.0355. The van der Waals surface area contributed by atoms with Crippen molar-refractivity contribution in [2.75, 3.05) is 31.9 Å². The molecular formula is C29H49N3O4S. The van der Waals surface area contributed by atoms with Gasteiger partial charge in [-0.1, -0.05) is 65.8 Å². The fraction of sp³-hybridized carbons (Fsp3) is 0.724. The SMILES string of the molecule is CCCS(=O)(=O)N(CCC(C)C)CC(=O)N(Cc1ccccc1C)C1CCN(C(=O)CC(C)(C)C)CC1. The third kappa shape index (κ3) is 10.0. The summed E-state index contributed by atoms with van der Waals surface area (Å²) in [6.45, 7) is 16.1. The van der Waals surface area contributed by atoms with Crippen LogP contribution >= 0.6 is 0 Å². The van der Waals surface area contributed by atoms with Crippen LogP contribution in [0, 0.1) is 18.3 Å². The number of nitrogens with zero attached hydrogens (tertiary/aromatic N) is 3. The summed E-state index contributed by atoms with van der Waals surface area (Å²) < 4.78 is 27.5. The van der Waals surface area contributed by atoms with Gasteiger partial charge in [0.05, 0.1) is 12.3 Å². The second-order valence-corrected chi connectivity index (χ2v) is 14.2. The Hall–Kier alpha value is -1.93. The number of carbonyl (C=O) groups excluding carboxylic acids is 2. The lowest BCUT2D eigenvalue weighted by Crippen LogP contribution is -2.51. The second-order valence-electron chi connectivity index (χ2n) is 12.1. The van der Waals surface area contributed by atoms with E-state index in [1.165, 1.54) is 4.31 Å². The van der Waals surface area contributed by atoms with Crippen molar-refractivity contribution in [1.82, 2.24) is 14.1 Å². The normalized spacial score (nSPS) is 15.4. The molecule has 2 rings (SSSR count). The Morgan fingerprint density at radius 3 is 2.27 bits per heavy atom. The van der Waals surface area contributed by atoms with Gasteiger partial charge in [-0.15, -0.1) is 0 Å². The quantitative estimate of drug-likeness (QED) is 0.384. The van der Waals surface area contributed by atoms with E-state index in [0.29, 0.717) is 64.2 Å². The lowest BCUT2D eigenvalue weighted by Gasteiger charge is -2.40. The molecule has 1 aliphatic rings. The van der Waals surface area contributed by atoms with E-state index in [0.717, 1.165) is 11.1 Å². The van der Waals surface area contributed by atoms with Crippen LogP contribution in [0.25, 0.3) is 0 Å². The highest BCUT2D eigenvalue weighted by atomic mass is 32.2. The maximum atomic E-state index is 13.8. The van der Waals surface area contributed by atoms with Gasteiger partial charge in [0.25, 0.3) is 0 Å². The fourth-order valence-corrected chi connectivity index (χ4v) is 6.20. The number of hydrogen-bond acceptors (Lipinski definition) is 4. The molecule has 0 spiro atoms. The first-order chi connectivity index (χ1) is 17.2. The summed E-state index contributed by atoms with van der Waals surface area (Å²) in [6, 6.07) is 7.98. The Balaban J connectivity index is 2.24. The van der Waals surface area contributed by atoms with Crippen molar-refractivity contribution in [3.8, 4) is 0 Å². The molecule has 210 valence electrons. The molecule has 1 aromatic carbocycles. The lowest BCUT2D eigenvalue weighted by atomic mass is 9.91. The van der Waals surface area contributed by atoms with Crippen LogP contribution in [0.15, 0.2) is 24.3 Å². The highest BCUT2D eigenvalue weighted by Gasteiger charge is 2.33. The number of amides is 2. The van der Waals surface area contributed by atoms with E-state index in [2.05, 4.69) is 34.6 Å². The Kier molecular flexibility index (Phi) is 11.6. The smallest absolute Gasteiger partial charge is 0.238 e. The van der Waals surface area contributed by atoms with E-state index in [4.69, 9.17) is 0 Å². The maximum Gasteiger partial charge on any atom is 0.238 e. The van der Waals surface area contributed by atoms with Gasteiger partial charge in [0.15, 0.2) is 0 Å². The summed E-state index contributed by atoms with van der Waals surface area (Å²) in [4.78, 5) is 30.4. The minimum atomic E-state index is -3.51. The summed E-state index contributed by atoms with van der Waals surface area (Å²) in [5.41, 5.74) is 2.10. The van der Waals surface area contributed by atoms with E-state index < -0.39 is 10.0 Å². The lowest BCUT2D eigenvalue weighted by molar-refractivity contribution is -0.138.